The number of unbranched alkanes of at least 4 members (excludes halogenated alkanes) is 11. The fourth-order valence-electron chi connectivity index (χ4n) is 4.98. The molecular formula is C37H70N4O10. The standard InChI is InChI=1S/C37H70N4O10/c1-3-5-6-7-8-9-10-11-12-13-14-18-36(45)41-32(37(46)47)17-15-16-21-38-34(43)19-24-48-29-31-51-27-23-40-35(44)20-25-49-28-30-50-26-22-39-33(42)4-2/h32H,3-31H2,1-2H3,(H,38,43)(H,39,42)(H,40,44)(H,41,45)(H,46,47). The van der Waals surface area contributed by atoms with Crippen LogP contribution in [0.2, 0.25) is 0 Å². The van der Waals surface area contributed by atoms with Crippen molar-refractivity contribution in [2.45, 2.75) is 135 Å². The Morgan fingerprint density at radius 1 is 0.471 bits per heavy atom. The Morgan fingerprint density at radius 3 is 1.41 bits per heavy atom. The van der Waals surface area contributed by atoms with Gasteiger partial charge in [0.2, 0.25) is 23.6 Å². The van der Waals surface area contributed by atoms with Crippen LogP contribution < -0.4 is 21.3 Å². The van der Waals surface area contributed by atoms with E-state index >= 15 is 0 Å². The topological polar surface area (TPSA) is 191 Å². The molecule has 0 aliphatic carbocycles. The van der Waals surface area contributed by atoms with Crippen LogP contribution in [0.1, 0.15) is 129 Å². The Balaban J connectivity index is 3.60. The molecule has 0 aliphatic rings. The van der Waals surface area contributed by atoms with Gasteiger partial charge in [-0.2, -0.15) is 0 Å². The molecule has 0 aliphatic heterocycles. The van der Waals surface area contributed by atoms with Crippen molar-refractivity contribution in [2.75, 3.05) is 72.5 Å². The van der Waals surface area contributed by atoms with Crippen LogP contribution in [0, 0.1) is 0 Å². The highest BCUT2D eigenvalue weighted by Gasteiger charge is 2.19. The van der Waals surface area contributed by atoms with E-state index in [4.69, 9.17) is 18.9 Å². The van der Waals surface area contributed by atoms with Crippen LogP contribution >= 0.6 is 0 Å². The second-order valence-electron chi connectivity index (χ2n) is 12.6. The van der Waals surface area contributed by atoms with Gasteiger partial charge in [-0.15, -0.1) is 0 Å². The molecule has 51 heavy (non-hydrogen) atoms. The molecule has 0 aromatic rings. The number of ether oxygens (including phenoxy) is 4. The average Bonchev–Trinajstić information content (AvgIpc) is 3.11. The third-order valence-electron chi connectivity index (χ3n) is 8.03. The van der Waals surface area contributed by atoms with Crippen molar-refractivity contribution in [1.29, 1.82) is 0 Å². The number of carbonyl (C=O) groups is 5. The largest absolute Gasteiger partial charge is 0.480 e. The van der Waals surface area contributed by atoms with Gasteiger partial charge in [-0.1, -0.05) is 78.1 Å². The molecule has 0 radical (unpaired) electrons. The summed E-state index contributed by atoms with van der Waals surface area (Å²) in [4.78, 5) is 58.8. The van der Waals surface area contributed by atoms with Crippen LogP contribution in [0.25, 0.3) is 0 Å². The molecule has 14 heteroatoms. The molecule has 0 spiro atoms. The number of amides is 4. The van der Waals surface area contributed by atoms with Gasteiger partial charge in [-0.05, 0) is 25.7 Å². The van der Waals surface area contributed by atoms with Gasteiger partial charge >= 0.3 is 5.97 Å². The van der Waals surface area contributed by atoms with Crippen LogP contribution in [0.15, 0.2) is 0 Å². The number of hydrogen-bond acceptors (Lipinski definition) is 9. The number of nitrogens with one attached hydrogen (secondary N) is 4. The molecule has 4 amide bonds. The van der Waals surface area contributed by atoms with Crippen molar-refractivity contribution < 1.29 is 48.0 Å². The van der Waals surface area contributed by atoms with Crippen molar-refractivity contribution >= 4 is 29.6 Å². The quantitative estimate of drug-likeness (QED) is 0.0580. The summed E-state index contributed by atoms with van der Waals surface area (Å²) >= 11 is 0. The lowest BCUT2D eigenvalue weighted by Gasteiger charge is -2.14. The van der Waals surface area contributed by atoms with Gasteiger partial charge in [0.1, 0.15) is 6.04 Å². The van der Waals surface area contributed by atoms with Crippen molar-refractivity contribution in [3.8, 4) is 0 Å². The van der Waals surface area contributed by atoms with Crippen molar-refractivity contribution in [2.24, 2.45) is 0 Å². The van der Waals surface area contributed by atoms with Gasteiger partial charge in [-0.3, -0.25) is 19.2 Å². The van der Waals surface area contributed by atoms with Gasteiger partial charge in [0, 0.05) is 45.3 Å². The summed E-state index contributed by atoms with van der Waals surface area (Å²) in [5.74, 6) is -1.55. The van der Waals surface area contributed by atoms with E-state index in [9.17, 15) is 29.1 Å². The smallest absolute Gasteiger partial charge is 0.326 e. The third-order valence-corrected chi connectivity index (χ3v) is 8.03. The van der Waals surface area contributed by atoms with Crippen molar-refractivity contribution in [3.63, 3.8) is 0 Å². The zero-order valence-corrected chi connectivity index (χ0v) is 31.7. The van der Waals surface area contributed by atoms with E-state index in [0.717, 1.165) is 19.3 Å². The predicted octanol–water partition coefficient (Wildman–Crippen LogP) is 4.03. The SMILES string of the molecule is CCCCCCCCCCCCCC(=O)NC(CCCCNC(=O)CCOCCOCCNC(=O)CCOCCOCCNC(=O)CC)C(=O)O. The summed E-state index contributed by atoms with van der Waals surface area (Å²) in [5, 5.41) is 20.4. The van der Waals surface area contributed by atoms with E-state index in [1.165, 1.54) is 51.4 Å². The molecule has 0 fully saturated rings. The predicted molar refractivity (Wildman–Crippen MR) is 196 cm³/mol. The molecule has 0 aromatic carbocycles. The minimum Gasteiger partial charge on any atom is -0.480 e. The number of rotatable bonds is 38. The Bertz CT molecular complexity index is 893. The van der Waals surface area contributed by atoms with Gasteiger partial charge in [0.15, 0.2) is 0 Å². The molecule has 0 rings (SSSR count). The highest BCUT2D eigenvalue weighted by molar-refractivity contribution is 5.83. The Hall–Kier alpha value is -2.81. The minimum atomic E-state index is -1.04. The molecular weight excluding hydrogens is 660 g/mol. The minimum absolute atomic E-state index is 0.0126. The summed E-state index contributed by atoms with van der Waals surface area (Å²) in [7, 11) is 0. The molecule has 298 valence electrons. The second kappa shape index (κ2) is 37.0. The number of carbonyl (C=O) groups excluding carboxylic acids is 4. The van der Waals surface area contributed by atoms with Crippen LogP contribution in [-0.2, 0) is 42.9 Å². The number of carboxylic acids is 1. The normalized spacial score (nSPS) is 11.6. The highest BCUT2D eigenvalue weighted by Crippen LogP contribution is 2.12. The van der Waals surface area contributed by atoms with Crippen LogP contribution in [0.5, 0.6) is 0 Å². The summed E-state index contributed by atoms with van der Waals surface area (Å²) in [6, 6.07) is -0.914. The lowest BCUT2D eigenvalue weighted by molar-refractivity contribution is -0.142. The van der Waals surface area contributed by atoms with E-state index in [1.807, 2.05) is 0 Å². The van der Waals surface area contributed by atoms with Gasteiger partial charge in [-0.25, -0.2) is 4.79 Å². The average molecular weight is 731 g/mol. The first-order valence-corrected chi connectivity index (χ1v) is 19.4. The molecule has 0 heterocycles. The highest BCUT2D eigenvalue weighted by atomic mass is 16.5. The first-order valence-electron chi connectivity index (χ1n) is 19.4. The Labute approximate surface area is 306 Å². The molecule has 0 aromatic heterocycles. The number of aliphatic carboxylic acids is 1. The molecule has 1 unspecified atom stereocenters. The lowest BCUT2D eigenvalue weighted by atomic mass is 10.0. The summed E-state index contributed by atoms with van der Waals surface area (Å²) in [6.45, 7) is 7.98. The maximum atomic E-state index is 12.2. The zero-order chi connectivity index (χ0) is 37.6. The van der Waals surface area contributed by atoms with Gasteiger partial charge < -0.3 is 45.3 Å². The molecule has 0 saturated carbocycles. The molecule has 1 atom stereocenters. The summed E-state index contributed by atoms with van der Waals surface area (Å²) in [5.41, 5.74) is 0. The Morgan fingerprint density at radius 2 is 0.922 bits per heavy atom. The van der Waals surface area contributed by atoms with Crippen molar-refractivity contribution in [1.82, 2.24) is 21.3 Å². The zero-order valence-electron chi connectivity index (χ0n) is 31.7. The first kappa shape index (κ1) is 48.2. The number of carboxylic acid groups (broad SMARTS) is 1. The number of hydrogen-bond donors (Lipinski definition) is 5. The fourth-order valence-corrected chi connectivity index (χ4v) is 4.98. The second-order valence-corrected chi connectivity index (χ2v) is 12.6. The third kappa shape index (κ3) is 35.4. The lowest BCUT2D eigenvalue weighted by Crippen LogP contribution is -2.40. The first-order chi connectivity index (χ1) is 24.8. The van der Waals surface area contributed by atoms with E-state index in [1.54, 1.807) is 6.92 Å². The molecule has 5 N–H and O–H groups in total. The van der Waals surface area contributed by atoms with Crippen LogP contribution in [0.4, 0.5) is 0 Å². The van der Waals surface area contributed by atoms with E-state index in [-0.39, 0.29) is 49.7 Å². The maximum absolute atomic E-state index is 12.2. The van der Waals surface area contributed by atoms with Gasteiger partial charge in [0.25, 0.3) is 0 Å². The van der Waals surface area contributed by atoms with E-state index < -0.39 is 12.0 Å². The Kier molecular flexibility index (Phi) is 34.9. The summed E-state index contributed by atoms with van der Waals surface area (Å²) < 4.78 is 21.5. The van der Waals surface area contributed by atoms with Crippen LogP contribution in [0.3, 0.4) is 0 Å². The van der Waals surface area contributed by atoms with Crippen LogP contribution in [-0.4, -0.2) is 113 Å². The van der Waals surface area contributed by atoms with E-state index in [2.05, 4.69) is 28.2 Å². The summed E-state index contributed by atoms with van der Waals surface area (Å²) in [6.07, 6.45) is 15.9. The monoisotopic (exact) mass is 731 g/mol. The van der Waals surface area contributed by atoms with E-state index in [0.29, 0.717) is 91.4 Å². The molecule has 0 bridgehead atoms. The molecule has 14 nitrogen and oxygen atoms in total. The molecule has 0 saturated heterocycles. The fraction of sp³-hybridized carbons (Fsp3) is 0.865. The van der Waals surface area contributed by atoms with Gasteiger partial charge in [0.05, 0.1) is 52.9 Å². The van der Waals surface area contributed by atoms with Crippen molar-refractivity contribution in [3.05, 3.63) is 0 Å². The maximum Gasteiger partial charge on any atom is 0.326 e.